The van der Waals surface area contributed by atoms with E-state index in [9.17, 15) is 0 Å². The molecule has 0 saturated heterocycles. The lowest BCUT2D eigenvalue weighted by Gasteiger charge is -2.12. The quantitative estimate of drug-likeness (QED) is 0.852. The number of nitrogens with zero attached hydrogens (tertiary/aromatic N) is 2. The smallest absolute Gasteiger partial charge is 0.0570 e. The monoisotopic (exact) mass is 227 g/mol. The maximum atomic E-state index is 4.33. The van der Waals surface area contributed by atoms with Gasteiger partial charge in [-0.25, -0.2) is 0 Å². The summed E-state index contributed by atoms with van der Waals surface area (Å²) in [6.07, 6.45) is 6.53. The van der Waals surface area contributed by atoms with Crippen molar-refractivity contribution in [1.82, 2.24) is 15.3 Å². The molecule has 0 aromatic carbocycles. The summed E-state index contributed by atoms with van der Waals surface area (Å²) in [4.78, 5) is 8.43. The summed E-state index contributed by atoms with van der Waals surface area (Å²) in [7, 11) is 0. The van der Waals surface area contributed by atoms with Crippen LogP contribution in [-0.2, 0) is 6.42 Å². The highest BCUT2D eigenvalue weighted by molar-refractivity contribution is 5.10. The molecular weight excluding hydrogens is 210 g/mol. The van der Waals surface area contributed by atoms with E-state index >= 15 is 0 Å². The molecule has 0 aliphatic rings. The first-order valence-corrected chi connectivity index (χ1v) is 5.89. The Bertz CT molecular complexity index is 428. The van der Waals surface area contributed by atoms with Crippen molar-refractivity contribution in [3.05, 3.63) is 60.2 Å². The first-order chi connectivity index (χ1) is 8.36. The van der Waals surface area contributed by atoms with Crippen molar-refractivity contribution in [2.24, 2.45) is 0 Å². The molecule has 0 aliphatic carbocycles. The maximum absolute atomic E-state index is 4.33. The molecule has 3 nitrogen and oxygen atoms in total. The summed E-state index contributed by atoms with van der Waals surface area (Å²) in [5.74, 6) is 0. The number of hydrogen-bond acceptors (Lipinski definition) is 3. The zero-order valence-electron chi connectivity index (χ0n) is 10.0. The summed E-state index contributed by atoms with van der Waals surface area (Å²) >= 11 is 0. The Balaban J connectivity index is 1.79. The van der Waals surface area contributed by atoms with E-state index in [4.69, 9.17) is 0 Å². The van der Waals surface area contributed by atoms with Crippen LogP contribution in [0.3, 0.4) is 0 Å². The number of pyridine rings is 2. The Morgan fingerprint density at radius 1 is 1.18 bits per heavy atom. The van der Waals surface area contributed by atoms with Crippen LogP contribution in [0.25, 0.3) is 0 Å². The number of rotatable bonds is 5. The van der Waals surface area contributed by atoms with Crippen molar-refractivity contribution < 1.29 is 0 Å². The molecule has 0 aliphatic heterocycles. The average molecular weight is 227 g/mol. The van der Waals surface area contributed by atoms with Gasteiger partial charge in [-0.2, -0.15) is 0 Å². The third-order valence-corrected chi connectivity index (χ3v) is 2.72. The van der Waals surface area contributed by atoms with E-state index in [0.717, 1.165) is 18.7 Å². The SMILES string of the molecule is C[C@@H](NCCc1cccnc1)c1ccccn1. The van der Waals surface area contributed by atoms with E-state index in [1.54, 1.807) is 6.20 Å². The van der Waals surface area contributed by atoms with Gasteiger partial charge in [0.05, 0.1) is 5.69 Å². The maximum Gasteiger partial charge on any atom is 0.0570 e. The van der Waals surface area contributed by atoms with Gasteiger partial charge in [-0.1, -0.05) is 12.1 Å². The number of aromatic nitrogens is 2. The molecule has 2 aromatic rings. The minimum absolute atomic E-state index is 0.285. The predicted molar refractivity (Wildman–Crippen MR) is 68.6 cm³/mol. The summed E-state index contributed by atoms with van der Waals surface area (Å²) in [5, 5.41) is 3.46. The number of nitrogens with one attached hydrogen (secondary N) is 1. The molecule has 0 spiro atoms. The molecule has 0 bridgehead atoms. The molecule has 1 N–H and O–H groups in total. The number of hydrogen-bond donors (Lipinski definition) is 1. The van der Waals surface area contributed by atoms with E-state index < -0.39 is 0 Å². The molecule has 1 atom stereocenters. The highest BCUT2D eigenvalue weighted by atomic mass is 14.9. The minimum Gasteiger partial charge on any atom is -0.309 e. The van der Waals surface area contributed by atoms with Gasteiger partial charge >= 0.3 is 0 Å². The van der Waals surface area contributed by atoms with Gasteiger partial charge in [0.25, 0.3) is 0 Å². The summed E-state index contributed by atoms with van der Waals surface area (Å²) in [5.41, 5.74) is 2.34. The molecule has 0 amide bonds. The van der Waals surface area contributed by atoms with Gasteiger partial charge < -0.3 is 5.32 Å². The molecule has 0 radical (unpaired) electrons. The Morgan fingerprint density at radius 2 is 2.12 bits per heavy atom. The zero-order valence-corrected chi connectivity index (χ0v) is 10.0. The van der Waals surface area contributed by atoms with Crippen LogP contribution < -0.4 is 5.32 Å². The van der Waals surface area contributed by atoms with Crippen molar-refractivity contribution in [2.75, 3.05) is 6.54 Å². The lowest BCUT2D eigenvalue weighted by Crippen LogP contribution is -2.22. The second-order valence-electron chi connectivity index (χ2n) is 4.04. The van der Waals surface area contributed by atoms with Crippen molar-refractivity contribution in [2.45, 2.75) is 19.4 Å². The van der Waals surface area contributed by atoms with E-state index in [0.29, 0.717) is 0 Å². The largest absolute Gasteiger partial charge is 0.309 e. The van der Waals surface area contributed by atoms with Crippen LogP contribution >= 0.6 is 0 Å². The molecule has 2 aromatic heterocycles. The van der Waals surface area contributed by atoms with Gasteiger partial charge in [0, 0.05) is 24.6 Å². The second-order valence-corrected chi connectivity index (χ2v) is 4.04. The molecule has 0 saturated carbocycles. The third kappa shape index (κ3) is 3.64. The van der Waals surface area contributed by atoms with Gasteiger partial charge in [-0.3, -0.25) is 9.97 Å². The van der Waals surface area contributed by atoms with Gasteiger partial charge in [0.1, 0.15) is 0 Å². The van der Waals surface area contributed by atoms with E-state index in [-0.39, 0.29) is 6.04 Å². The fourth-order valence-corrected chi connectivity index (χ4v) is 1.72. The lowest BCUT2D eigenvalue weighted by atomic mass is 10.2. The van der Waals surface area contributed by atoms with Crippen LogP contribution in [0.4, 0.5) is 0 Å². The fourth-order valence-electron chi connectivity index (χ4n) is 1.72. The van der Waals surface area contributed by atoms with Crippen LogP contribution in [0.1, 0.15) is 24.2 Å². The minimum atomic E-state index is 0.285. The molecule has 0 fully saturated rings. The summed E-state index contributed by atoms with van der Waals surface area (Å²) in [6.45, 7) is 3.06. The molecule has 0 unspecified atom stereocenters. The lowest BCUT2D eigenvalue weighted by molar-refractivity contribution is 0.564. The van der Waals surface area contributed by atoms with E-state index in [2.05, 4.69) is 28.3 Å². The van der Waals surface area contributed by atoms with Crippen molar-refractivity contribution in [3.8, 4) is 0 Å². The van der Waals surface area contributed by atoms with Crippen molar-refractivity contribution in [3.63, 3.8) is 0 Å². The van der Waals surface area contributed by atoms with Crippen molar-refractivity contribution in [1.29, 1.82) is 0 Å². The standard InChI is InChI=1S/C14H17N3/c1-12(14-6-2-3-9-17-14)16-10-7-13-5-4-8-15-11-13/h2-6,8-9,11-12,16H,7,10H2,1H3/t12-/m1/s1. The molecule has 2 heterocycles. The third-order valence-electron chi connectivity index (χ3n) is 2.72. The Labute approximate surface area is 102 Å². The van der Waals surface area contributed by atoms with Crippen LogP contribution in [-0.4, -0.2) is 16.5 Å². The first-order valence-electron chi connectivity index (χ1n) is 5.89. The van der Waals surface area contributed by atoms with Gasteiger partial charge in [0.2, 0.25) is 0 Å². The zero-order chi connectivity index (χ0) is 11.9. The first kappa shape index (κ1) is 11.7. The molecule has 3 heteroatoms. The Kier molecular flexibility index (Phi) is 4.22. The van der Waals surface area contributed by atoms with E-state index in [1.807, 2.05) is 36.7 Å². The van der Waals surface area contributed by atoms with Crippen LogP contribution in [0.2, 0.25) is 0 Å². The second kappa shape index (κ2) is 6.11. The van der Waals surface area contributed by atoms with Gasteiger partial charge in [-0.15, -0.1) is 0 Å². The van der Waals surface area contributed by atoms with Crippen LogP contribution in [0.15, 0.2) is 48.9 Å². The molecule has 2 rings (SSSR count). The Morgan fingerprint density at radius 3 is 2.82 bits per heavy atom. The summed E-state index contributed by atoms with van der Waals surface area (Å²) in [6, 6.07) is 10.3. The van der Waals surface area contributed by atoms with Crippen LogP contribution in [0.5, 0.6) is 0 Å². The normalized spacial score (nSPS) is 12.3. The van der Waals surface area contributed by atoms with Gasteiger partial charge in [0.15, 0.2) is 0 Å². The van der Waals surface area contributed by atoms with Crippen molar-refractivity contribution >= 4 is 0 Å². The molecule has 17 heavy (non-hydrogen) atoms. The Hall–Kier alpha value is -1.74. The van der Waals surface area contributed by atoms with Gasteiger partial charge in [-0.05, 0) is 43.7 Å². The van der Waals surface area contributed by atoms with E-state index in [1.165, 1.54) is 5.56 Å². The highest BCUT2D eigenvalue weighted by Gasteiger charge is 2.04. The fraction of sp³-hybridized carbons (Fsp3) is 0.286. The van der Waals surface area contributed by atoms with Crippen LogP contribution in [0, 0.1) is 0 Å². The average Bonchev–Trinajstić information content (AvgIpc) is 2.41. The topological polar surface area (TPSA) is 37.8 Å². The summed E-state index contributed by atoms with van der Waals surface area (Å²) < 4.78 is 0. The molecular formula is C14H17N3. The molecule has 88 valence electrons. The highest BCUT2D eigenvalue weighted by Crippen LogP contribution is 2.07. The predicted octanol–water partition coefficient (Wildman–Crippen LogP) is 2.37.